The Bertz CT molecular complexity index is 1070. The van der Waals surface area contributed by atoms with Gasteiger partial charge in [0.2, 0.25) is 5.91 Å². The van der Waals surface area contributed by atoms with Gasteiger partial charge in [-0.2, -0.15) is 0 Å². The van der Waals surface area contributed by atoms with Gasteiger partial charge in [0.15, 0.2) is 0 Å². The lowest BCUT2D eigenvalue weighted by molar-refractivity contribution is -0.167. The number of rotatable bonds is 9. The number of hydrogen-bond donors (Lipinski definition) is 3. The maximum absolute atomic E-state index is 13.4. The van der Waals surface area contributed by atoms with E-state index in [1.165, 1.54) is 0 Å². The second-order valence-electron chi connectivity index (χ2n) is 10.4. The topological polar surface area (TPSA) is 105 Å². The molecular weight excluding hydrogens is 492 g/mol. The molecule has 7 nitrogen and oxygen atoms in total. The highest BCUT2D eigenvalue weighted by Gasteiger charge is 2.45. The summed E-state index contributed by atoms with van der Waals surface area (Å²) < 4.78 is 11.4. The molecule has 0 spiro atoms. The maximum Gasteiger partial charge on any atom is 0.226 e. The van der Waals surface area contributed by atoms with Crippen molar-refractivity contribution in [3.8, 4) is 11.1 Å². The number of aliphatic hydroxyl groups is 2. The number of carbonyl (C=O) groups excluding carboxylic acids is 1. The second-order valence-corrected chi connectivity index (χ2v) is 10.9. The number of ether oxygens (including phenoxy) is 2. The van der Waals surface area contributed by atoms with Crippen LogP contribution < -0.4 is 5.73 Å². The molecule has 2 aliphatic rings. The maximum atomic E-state index is 13.4. The molecule has 0 bridgehead atoms. The number of unbranched alkanes of at least 4 members (excludes halogenated alkanes) is 1. The van der Waals surface area contributed by atoms with Crippen molar-refractivity contribution < 1.29 is 24.5 Å². The summed E-state index contributed by atoms with van der Waals surface area (Å²) in [5.41, 5.74) is 8.08. The van der Waals surface area contributed by atoms with E-state index in [-0.39, 0.29) is 24.4 Å². The van der Waals surface area contributed by atoms with Crippen molar-refractivity contribution in [2.45, 2.75) is 62.9 Å². The van der Waals surface area contributed by atoms with Crippen LogP contribution in [0.5, 0.6) is 0 Å². The Labute approximate surface area is 224 Å². The third-order valence-corrected chi connectivity index (χ3v) is 8.10. The lowest BCUT2D eigenvalue weighted by Crippen LogP contribution is -2.55. The van der Waals surface area contributed by atoms with E-state index < -0.39 is 17.8 Å². The van der Waals surface area contributed by atoms with Gasteiger partial charge in [0.1, 0.15) is 11.7 Å². The Kier molecular flexibility index (Phi) is 9.27. The average Bonchev–Trinajstić information content (AvgIpc) is 3.23. The van der Waals surface area contributed by atoms with Crippen molar-refractivity contribution in [3.63, 3.8) is 0 Å². The lowest BCUT2D eigenvalue weighted by Gasteiger charge is -2.44. The fourth-order valence-corrected chi connectivity index (χ4v) is 6.02. The fourth-order valence-electron chi connectivity index (χ4n) is 5.74. The predicted octanol–water partition coefficient (Wildman–Crippen LogP) is 3.65. The van der Waals surface area contributed by atoms with Crippen LogP contribution in [0, 0.1) is 12.8 Å². The van der Waals surface area contributed by atoms with Gasteiger partial charge < -0.3 is 30.3 Å². The number of amides is 1. The number of benzene rings is 2. The first-order valence-electron chi connectivity index (χ1n) is 13.2. The number of aliphatic hydroxyl groups excluding tert-OH is 1. The molecule has 2 fully saturated rings. The standard InChI is InChI=1S/C29H39ClN2O5/c1-19-7-5-8-20(15-19)27-22(9-6-10-23(27)30)29(35,11-3-4-13-36-2)26-18-32(12-14-37-26)28(34)21-16-24(31)25(33)17-21/h5-10,15,21,24-26,33,35H,3-4,11-14,16-18,31H2,1-2H3/t21-,24+,25-,26?,29+/m0/s1. The minimum atomic E-state index is -1.39. The molecule has 1 saturated heterocycles. The smallest absolute Gasteiger partial charge is 0.226 e. The quantitative estimate of drug-likeness (QED) is 0.427. The second kappa shape index (κ2) is 12.2. The minimum Gasteiger partial charge on any atom is -0.391 e. The summed E-state index contributed by atoms with van der Waals surface area (Å²) in [5, 5.41) is 23.1. The van der Waals surface area contributed by atoms with E-state index in [0.29, 0.717) is 56.0 Å². The Morgan fingerprint density at radius 3 is 2.73 bits per heavy atom. The molecule has 4 rings (SSSR count). The monoisotopic (exact) mass is 530 g/mol. The third-order valence-electron chi connectivity index (χ3n) is 7.78. The summed E-state index contributed by atoms with van der Waals surface area (Å²) in [6.07, 6.45) is 1.45. The van der Waals surface area contributed by atoms with Crippen LogP contribution in [0.25, 0.3) is 11.1 Å². The van der Waals surface area contributed by atoms with Gasteiger partial charge in [-0.05, 0) is 56.2 Å². The Balaban J connectivity index is 1.68. The number of halogens is 1. The molecule has 1 heterocycles. The summed E-state index contributed by atoms with van der Waals surface area (Å²) in [6, 6.07) is 13.3. The number of nitrogens with zero attached hydrogens (tertiary/aromatic N) is 1. The molecule has 0 aromatic heterocycles. The van der Waals surface area contributed by atoms with Gasteiger partial charge in [0, 0.05) is 42.8 Å². The largest absolute Gasteiger partial charge is 0.391 e. The first kappa shape index (κ1) is 28.0. The van der Waals surface area contributed by atoms with Crippen LogP contribution >= 0.6 is 11.6 Å². The van der Waals surface area contributed by atoms with Crippen molar-refractivity contribution in [2.24, 2.45) is 11.7 Å². The number of carbonyl (C=O) groups is 1. The van der Waals surface area contributed by atoms with Crippen LogP contribution in [0.3, 0.4) is 0 Å². The number of nitrogens with two attached hydrogens (primary N) is 1. The Morgan fingerprint density at radius 1 is 1.24 bits per heavy atom. The molecule has 1 unspecified atom stereocenters. The first-order valence-corrected chi connectivity index (χ1v) is 13.5. The van der Waals surface area contributed by atoms with Crippen molar-refractivity contribution in [1.82, 2.24) is 4.90 Å². The van der Waals surface area contributed by atoms with E-state index in [1.54, 1.807) is 12.0 Å². The molecule has 8 heteroatoms. The molecular formula is C29H39ClN2O5. The number of hydrogen-bond acceptors (Lipinski definition) is 6. The average molecular weight is 531 g/mol. The zero-order chi connectivity index (χ0) is 26.6. The van der Waals surface area contributed by atoms with Crippen molar-refractivity contribution in [1.29, 1.82) is 0 Å². The molecule has 1 aliphatic heterocycles. The molecule has 1 aliphatic carbocycles. The van der Waals surface area contributed by atoms with Crippen LogP contribution in [0.15, 0.2) is 42.5 Å². The van der Waals surface area contributed by atoms with Crippen LogP contribution in [0.1, 0.15) is 43.2 Å². The normalized spacial score (nSPS) is 25.7. The van der Waals surface area contributed by atoms with Gasteiger partial charge in [-0.25, -0.2) is 0 Å². The van der Waals surface area contributed by atoms with E-state index in [9.17, 15) is 15.0 Å². The Morgan fingerprint density at radius 2 is 2.03 bits per heavy atom. The van der Waals surface area contributed by atoms with Gasteiger partial charge in [-0.1, -0.05) is 53.6 Å². The van der Waals surface area contributed by atoms with Gasteiger partial charge in [-0.3, -0.25) is 4.79 Å². The molecule has 4 N–H and O–H groups in total. The zero-order valence-electron chi connectivity index (χ0n) is 21.7. The van der Waals surface area contributed by atoms with Crippen LogP contribution in [-0.2, 0) is 19.9 Å². The first-order chi connectivity index (χ1) is 17.7. The molecule has 202 valence electrons. The van der Waals surface area contributed by atoms with Crippen molar-refractivity contribution in [3.05, 3.63) is 58.6 Å². The van der Waals surface area contributed by atoms with E-state index in [2.05, 4.69) is 6.07 Å². The third kappa shape index (κ3) is 6.19. The lowest BCUT2D eigenvalue weighted by atomic mass is 9.78. The van der Waals surface area contributed by atoms with E-state index in [4.69, 9.17) is 26.8 Å². The van der Waals surface area contributed by atoms with Crippen LogP contribution in [-0.4, -0.2) is 72.7 Å². The minimum absolute atomic E-state index is 0.0352. The molecule has 0 radical (unpaired) electrons. The van der Waals surface area contributed by atoms with Gasteiger partial charge in [0.25, 0.3) is 0 Å². The van der Waals surface area contributed by atoms with Gasteiger partial charge >= 0.3 is 0 Å². The summed E-state index contributed by atoms with van der Waals surface area (Å²) in [5.74, 6) is -0.348. The SMILES string of the molecule is COCCCC[C@@](O)(c1cccc(Cl)c1-c1cccc(C)c1)C1CN(C(=O)[C@H]2C[C@@H](N)[C@@H](O)C2)CCO1. The highest BCUT2D eigenvalue weighted by Crippen LogP contribution is 2.43. The van der Waals surface area contributed by atoms with E-state index in [1.807, 2.05) is 43.3 Å². The summed E-state index contributed by atoms with van der Waals surface area (Å²) >= 11 is 6.77. The molecule has 2 aromatic carbocycles. The summed E-state index contributed by atoms with van der Waals surface area (Å²) in [7, 11) is 1.67. The van der Waals surface area contributed by atoms with Gasteiger partial charge in [0.05, 0.1) is 19.3 Å². The highest BCUT2D eigenvalue weighted by molar-refractivity contribution is 6.33. The summed E-state index contributed by atoms with van der Waals surface area (Å²) in [6.45, 7) is 3.63. The van der Waals surface area contributed by atoms with Crippen LogP contribution in [0.4, 0.5) is 0 Å². The zero-order valence-corrected chi connectivity index (χ0v) is 22.5. The molecule has 37 heavy (non-hydrogen) atoms. The number of morpholine rings is 1. The predicted molar refractivity (Wildman–Crippen MR) is 144 cm³/mol. The molecule has 2 aromatic rings. The van der Waals surface area contributed by atoms with E-state index in [0.717, 1.165) is 23.1 Å². The number of methoxy groups -OCH3 is 1. The van der Waals surface area contributed by atoms with Crippen molar-refractivity contribution in [2.75, 3.05) is 33.4 Å². The molecule has 5 atom stereocenters. The van der Waals surface area contributed by atoms with Gasteiger partial charge in [-0.15, -0.1) is 0 Å². The van der Waals surface area contributed by atoms with Crippen molar-refractivity contribution >= 4 is 17.5 Å². The molecule has 1 amide bonds. The summed E-state index contributed by atoms with van der Waals surface area (Å²) in [4.78, 5) is 15.1. The van der Waals surface area contributed by atoms with Crippen LogP contribution in [0.2, 0.25) is 5.02 Å². The Hall–Kier alpha value is -2.00. The van der Waals surface area contributed by atoms with E-state index >= 15 is 0 Å². The fraction of sp³-hybridized carbons (Fsp3) is 0.552. The number of aryl methyl sites for hydroxylation is 1. The molecule has 1 saturated carbocycles. The highest BCUT2D eigenvalue weighted by atomic mass is 35.5.